The van der Waals surface area contributed by atoms with Gasteiger partial charge >= 0.3 is 16.2 Å². The third-order valence-electron chi connectivity index (χ3n) is 6.55. The second-order valence-electron chi connectivity index (χ2n) is 8.60. The molecule has 2 fully saturated rings. The lowest BCUT2D eigenvalue weighted by atomic mass is 9.80. The van der Waals surface area contributed by atoms with Crippen molar-refractivity contribution in [3.05, 3.63) is 54.1 Å². The van der Waals surface area contributed by atoms with E-state index in [9.17, 15) is 18.0 Å². The van der Waals surface area contributed by atoms with Crippen molar-refractivity contribution in [1.29, 1.82) is 0 Å². The third kappa shape index (κ3) is 2.99. The Hall–Kier alpha value is -3.05. The van der Waals surface area contributed by atoms with E-state index in [0.717, 1.165) is 13.8 Å². The maximum absolute atomic E-state index is 13.7. The molecule has 11 heteroatoms. The van der Waals surface area contributed by atoms with E-state index >= 15 is 0 Å². The zero-order chi connectivity index (χ0) is 22.7. The first-order valence-corrected chi connectivity index (χ1v) is 11.7. The number of ether oxygens (including phenoxy) is 1. The molecule has 1 saturated heterocycles. The molecule has 1 amide bonds. The van der Waals surface area contributed by atoms with Gasteiger partial charge in [-0.05, 0) is 12.0 Å². The average molecular weight is 458 g/mol. The molecule has 1 saturated carbocycles. The highest BCUT2D eigenvalue weighted by atomic mass is 32.2. The number of carbonyl (C=O) groups is 2. The first-order chi connectivity index (χ1) is 15.2. The quantitative estimate of drug-likeness (QED) is 0.608. The fraction of sp³-hybridized carbons (Fsp3) is 0.429. The maximum atomic E-state index is 13.7. The highest BCUT2D eigenvalue weighted by molar-refractivity contribution is 7.87. The smallest absolute Gasteiger partial charge is 0.310 e. The lowest BCUT2D eigenvalue weighted by Gasteiger charge is -2.29. The van der Waals surface area contributed by atoms with Gasteiger partial charge in [-0.15, -0.1) is 0 Å². The van der Waals surface area contributed by atoms with Gasteiger partial charge in [-0.25, -0.2) is 8.96 Å². The second-order valence-corrected chi connectivity index (χ2v) is 10.7. The number of aromatic nitrogens is 2. The molecule has 3 unspecified atom stereocenters. The molecule has 0 N–H and O–H groups in total. The number of carbonyl (C=O) groups excluding carboxylic acids is 2. The van der Waals surface area contributed by atoms with Gasteiger partial charge in [0, 0.05) is 26.2 Å². The summed E-state index contributed by atoms with van der Waals surface area (Å²) in [6.45, 7) is 0.584. The number of amides is 1. The fourth-order valence-electron chi connectivity index (χ4n) is 5.00. The highest BCUT2D eigenvalue weighted by Crippen LogP contribution is 2.56. The lowest BCUT2D eigenvalue weighted by molar-refractivity contribution is -0.142. The van der Waals surface area contributed by atoms with E-state index in [2.05, 4.69) is 9.98 Å². The molecular weight excluding hydrogens is 434 g/mol. The SMILES string of the molecule is CN(C)S(=O)(=O)n1cnc(C2C3C(=O)OCC3C[C@@]23N=CN(Cc2ccccc2)C3=O)c1. The minimum Gasteiger partial charge on any atom is -0.465 e. The number of hydrogen-bond donors (Lipinski definition) is 0. The Bertz CT molecular complexity index is 1210. The van der Waals surface area contributed by atoms with Crippen molar-refractivity contribution in [3.8, 4) is 0 Å². The summed E-state index contributed by atoms with van der Waals surface area (Å²) in [6, 6.07) is 9.57. The number of esters is 1. The number of nitrogens with zero attached hydrogens (tertiary/aromatic N) is 5. The van der Waals surface area contributed by atoms with Gasteiger partial charge in [0.25, 0.3) is 5.91 Å². The number of fused-ring (bicyclic) bond motifs is 1. The van der Waals surface area contributed by atoms with Crippen LogP contribution in [0, 0.1) is 11.8 Å². The van der Waals surface area contributed by atoms with Crippen LogP contribution >= 0.6 is 0 Å². The first-order valence-electron chi connectivity index (χ1n) is 10.3. The minimum atomic E-state index is -3.78. The van der Waals surface area contributed by atoms with E-state index in [0.29, 0.717) is 18.7 Å². The lowest BCUT2D eigenvalue weighted by Crippen LogP contribution is -2.44. The summed E-state index contributed by atoms with van der Waals surface area (Å²) in [5.41, 5.74) is 0.0960. The number of rotatable bonds is 5. The van der Waals surface area contributed by atoms with Crippen LogP contribution in [0.5, 0.6) is 0 Å². The number of benzene rings is 1. The average Bonchev–Trinajstić information content (AvgIpc) is 3.52. The van der Waals surface area contributed by atoms with Crippen molar-refractivity contribution in [3.63, 3.8) is 0 Å². The number of cyclic esters (lactones) is 1. The molecule has 1 aromatic carbocycles. The summed E-state index contributed by atoms with van der Waals surface area (Å²) in [7, 11) is -0.945. The van der Waals surface area contributed by atoms with Crippen LogP contribution in [0.15, 0.2) is 47.8 Å². The molecule has 168 valence electrons. The summed E-state index contributed by atoms with van der Waals surface area (Å²) in [5.74, 6) is -2.09. The Balaban J connectivity index is 1.53. The van der Waals surface area contributed by atoms with Crippen LogP contribution in [-0.4, -0.2) is 71.0 Å². The molecule has 4 atom stereocenters. The van der Waals surface area contributed by atoms with E-state index < -0.39 is 33.6 Å². The van der Waals surface area contributed by atoms with Gasteiger partial charge in [0.15, 0.2) is 5.54 Å². The monoisotopic (exact) mass is 457 g/mol. The van der Waals surface area contributed by atoms with Crippen LogP contribution < -0.4 is 0 Å². The molecule has 1 spiro atoms. The topological polar surface area (TPSA) is 114 Å². The van der Waals surface area contributed by atoms with Crippen molar-refractivity contribution < 1.29 is 22.7 Å². The van der Waals surface area contributed by atoms with Crippen LogP contribution in [-0.2, 0) is 31.1 Å². The van der Waals surface area contributed by atoms with Crippen LogP contribution in [0.2, 0.25) is 0 Å². The van der Waals surface area contributed by atoms with Gasteiger partial charge in [0.2, 0.25) is 0 Å². The highest BCUT2D eigenvalue weighted by Gasteiger charge is 2.66. The molecule has 3 aliphatic rings. The van der Waals surface area contributed by atoms with E-state index in [-0.39, 0.29) is 18.4 Å². The van der Waals surface area contributed by atoms with Crippen molar-refractivity contribution >= 4 is 28.4 Å². The largest absolute Gasteiger partial charge is 0.465 e. The normalized spacial score (nSPS) is 29.3. The number of imidazole rings is 1. The molecule has 32 heavy (non-hydrogen) atoms. The summed E-state index contributed by atoms with van der Waals surface area (Å²) >= 11 is 0. The second kappa shape index (κ2) is 7.24. The van der Waals surface area contributed by atoms with Crippen molar-refractivity contribution in [2.45, 2.75) is 24.4 Å². The van der Waals surface area contributed by atoms with Crippen LogP contribution in [0.1, 0.15) is 23.6 Å². The first kappa shape index (κ1) is 20.8. The van der Waals surface area contributed by atoms with Crippen molar-refractivity contribution in [2.75, 3.05) is 20.7 Å². The van der Waals surface area contributed by atoms with E-state index in [1.807, 2.05) is 30.3 Å². The van der Waals surface area contributed by atoms with Gasteiger partial charge in [-0.3, -0.25) is 19.5 Å². The van der Waals surface area contributed by atoms with Gasteiger partial charge in [0.05, 0.1) is 37.0 Å². The van der Waals surface area contributed by atoms with Gasteiger partial charge in [0.1, 0.15) is 6.33 Å². The van der Waals surface area contributed by atoms with Gasteiger partial charge < -0.3 is 4.74 Å². The maximum Gasteiger partial charge on any atom is 0.310 e. The molecular formula is C21H23N5O5S. The zero-order valence-electron chi connectivity index (χ0n) is 17.7. The zero-order valence-corrected chi connectivity index (χ0v) is 18.5. The van der Waals surface area contributed by atoms with Gasteiger partial charge in [-0.2, -0.15) is 12.7 Å². The Morgan fingerprint density at radius 1 is 1.22 bits per heavy atom. The van der Waals surface area contributed by atoms with Gasteiger partial charge in [-0.1, -0.05) is 30.3 Å². The molecule has 1 aromatic heterocycles. The molecule has 5 rings (SSSR count). The predicted octanol–water partition coefficient (Wildman–Crippen LogP) is 0.624. The van der Waals surface area contributed by atoms with Crippen LogP contribution in [0.25, 0.3) is 0 Å². The Morgan fingerprint density at radius 3 is 2.69 bits per heavy atom. The van der Waals surface area contributed by atoms with Crippen LogP contribution in [0.3, 0.4) is 0 Å². The summed E-state index contributed by atoms with van der Waals surface area (Å²) in [4.78, 5) is 36.8. The third-order valence-corrected chi connectivity index (χ3v) is 8.20. The van der Waals surface area contributed by atoms with E-state index in [4.69, 9.17) is 4.74 Å². The summed E-state index contributed by atoms with van der Waals surface area (Å²) in [5, 5.41) is 0. The molecule has 3 heterocycles. The summed E-state index contributed by atoms with van der Waals surface area (Å²) in [6.07, 6.45) is 4.44. The van der Waals surface area contributed by atoms with E-state index in [1.165, 1.54) is 33.0 Å². The van der Waals surface area contributed by atoms with Crippen molar-refractivity contribution in [2.24, 2.45) is 16.8 Å². The number of hydrogen-bond acceptors (Lipinski definition) is 7. The fourth-order valence-corrected chi connectivity index (χ4v) is 5.78. The Morgan fingerprint density at radius 2 is 1.97 bits per heavy atom. The minimum absolute atomic E-state index is 0.180. The molecule has 0 bridgehead atoms. The van der Waals surface area contributed by atoms with E-state index in [1.54, 1.807) is 4.90 Å². The summed E-state index contributed by atoms with van der Waals surface area (Å²) < 4.78 is 32.4. The van der Waals surface area contributed by atoms with Crippen LogP contribution in [0.4, 0.5) is 0 Å². The molecule has 2 aromatic rings. The number of aliphatic imine (C=N–C) groups is 1. The predicted molar refractivity (Wildman–Crippen MR) is 114 cm³/mol. The Labute approximate surface area is 185 Å². The van der Waals surface area contributed by atoms with Crippen molar-refractivity contribution in [1.82, 2.24) is 18.2 Å². The molecule has 10 nitrogen and oxygen atoms in total. The molecule has 2 aliphatic heterocycles. The molecule has 0 radical (unpaired) electrons. The Kier molecular flexibility index (Phi) is 4.71. The molecule has 1 aliphatic carbocycles. The standard InChI is InChI=1S/C21H23N5O5S/c1-24(2)32(29,30)26-10-16(22-12-26)18-17-15(11-31-19(17)27)8-21(18)20(28)25(13-23-21)9-14-6-4-3-5-7-14/h3-7,10,12-13,15,17-18H,8-9,11H2,1-2H3/t15?,17?,18?,21-/m1/s1.